The van der Waals surface area contributed by atoms with Gasteiger partial charge in [-0.1, -0.05) is 12.1 Å². The van der Waals surface area contributed by atoms with Crippen LogP contribution in [-0.2, 0) is 24.0 Å². The molecule has 0 bridgehead atoms. The molecule has 0 atom stereocenters. The topological polar surface area (TPSA) is 9.23 Å². The third kappa shape index (κ3) is 1.38. The summed E-state index contributed by atoms with van der Waals surface area (Å²) >= 11 is 0. The van der Waals surface area contributed by atoms with E-state index in [0.717, 1.165) is 18.6 Å². The van der Waals surface area contributed by atoms with Crippen LogP contribution >= 0.6 is 0 Å². The van der Waals surface area contributed by atoms with Gasteiger partial charge in [-0.2, -0.15) is 0 Å². The quantitative estimate of drug-likeness (QED) is 0.677. The standard InChI is InChI=1S/C14H16O/c1-15-12-8-7-11-6-5-10-3-2-4-13(10)14(11)9-12/h5-6,9H,2-4,7-8H2,1H3. The van der Waals surface area contributed by atoms with Gasteiger partial charge in [-0.3, -0.25) is 0 Å². The lowest BCUT2D eigenvalue weighted by Crippen LogP contribution is -2.03. The minimum Gasteiger partial charge on any atom is -0.501 e. The first-order chi connectivity index (χ1) is 7.38. The van der Waals surface area contributed by atoms with Gasteiger partial charge < -0.3 is 4.74 Å². The summed E-state index contributed by atoms with van der Waals surface area (Å²) in [7, 11) is 1.78. The molecule has 1 nitrogen and oxygen atoms in total. The zero-order valence-electron chi connectivity index (χ0n) is 9.18. The van der Waals surface area contributed by atoms with Crippen LogP contribution < -0.4 is 0 Å². The Balaban J connectivity index is 2.15. The van der Waals surface area contributed by atoms with Crippen molar-refractivity contribution in [2.75, 3.05) is 7.11 Å². The van der Waals surface area contributed by atoms with Crippen molar-refractivity contribution in [2.45, 2.75) is 32.1 Å². The first-order valence-corrected chi connectivity index (χ1v) is 5.76. The molecule has 1 aromatic carbocycles. The molecule has 0 radical (unpaired) electrons. The molecule has 0 N–H and O–H groups in total. The molecule has 3 rings (SSSR count). The SMILES string of the molecule is COC1=Cc2c(ccc3c2CCC3)CC1. The smallest absolute Gasteiger partial charge is 0.0964 e. The van der Waals surface area contributed by atoms with E-state index in [9.17, 15) is 0 Å². The summed E-state index contributed by atoms with van der Waals surface area (Å²) in [6.07, 6.45) is 8.29. The summed E-state index contributed by atoms with van der Waals surface area (Å²) in [6.45, 7) is 0. The van der Waals surface area contributed by atoms with E-state index < -0.39 is 0 Å². The lowest BCUT2D eigenvalue weighted by Gasteiger charge is -2.18. The molecule has 0 unspecified atom stereocenters. The molecule has 0 aliphatic heterocycles. The van der Waals surface area contributed by atoms with E-state index in [2.05, 4.69) is 18.2 Å². The fourth-order valence-electron chi connectivity index (χ4n) is 2.79. The van der Waals surface area contributed by atoms with Crippen LogP contribution in [0.15, 0.2) is 17.9 Å². The number of allylic oxidation sites excluding steroid dienone is 1. The van der Waals surface area contributed by atoms with Gasteiger partial charge in [-0.25, -0.2) is 0 Å². The highest BCUT2D eigenvalue weighted by atomic mass is 16.5. The van der Waals surface area contributed by atoms with Gasteiger partial charge in [0.15, 0.2) is 0 Å². The van der Waals surface area contributed by atoms with E-state index in [4.69, 9.17) is 4.74 Å². The van der Waals surface area contributed by atoms with E-state index in [1.807, 2.05) is 0 Å². The Labute approximate surface area is 90.8 Å². The monoisotopic (exact) mass is 200 g/mol. The molecule has 0 spiro atoms. The number of hydrogen-bond donors (Lipinski definition) is 0. The third-order valence-corrected chi connectivity index (χ3v) is 3.63. The molecule has 0 saturated carbocycles. The lowest BCUT2D eigenvalue weighted by molar-refractivity contribution is 0.280. The Morgan fingerprint density at radius 2 is 1.87 bits per heavy atom. The minimum atomic E-state index is 1.06. The van der Waals surface area contributed by atoms with Crippen molar-refractivity contribution in [1.29, 1.82) is 0 Å². The predicted octanol–water partition coefficient (Wildman–Crippen LogP) is 3.11. The van der Waals surface area contributed by atoms with Crippen LogP contribution in [0, 0.1) is 0 Å². The third-order valence-electron chi connectivity index (χ3n) is 3.63. The van der Waals surface area contributed by atoms with Gasteiger partial charge in [0.2, 0.25) is 0 Å². The van der Waals surface area contributed by atoms with E-state index in [1.165, 1.54) is 30.4 Å². The van der Waals surface area contributed by atoms with Crippen LogP contribution in [0.25, 0.3) is 6.08 Å². The first-order valence-electron chi connectivity index (χ1n) is 5.76. The number of benzene rings is 1. The van der Waals surface area contributed by atoms with Gasteiger partial charge in [0.05, 0.1) is 12.9 Å². The van der Waals surface area contributed by atoms with Crippen LogP contribution in [0.1, 0.15) is 35.1 Å². The number of methoxy groups -OCH3 is 1. The van der Waals surface area contributed by atoms with Crippen LogP contribution in [-0.4, -0.2) is 7.11 Å². The van der Waals surface area contributed by atoms with Crippen molar-refractivity contribution in [1.82, 2.24) is 0 Å². The van der Waals surface area contributed by atoms with Crippen molar-refractivity contribution in [3.8, 4) is 0 Å². The van der Waals surface area contributed by atoms with Gasteiger partial charge in [0, 0.05) is 6.42 Å². The van der Waals surface area contributed by atoms with Crippen LogP contribution in [0.2, 0.25) is 0 Å². The molecule has 2 aliphatic carbocycles. The normalized spacial score (nSPS) is 18.1. The molecule has 78 valence electrons. The molecule has 0 heterocycles. The summed E-state index contributed by atoms with van der Waals surface area (Å²) in [5.74, 6) is 1.14. The zero-order valence-corrected chi connectivity index (χ0v) is 9.18. The van der Waals surface area contributed by atoms with Crippen LogP contribution in [0.3, 0.4) is 0 Å². The van der Waals surface area contributed by atoms with E-state index in [-0.39, 0.29) is 0 Å². The van der Waals surface area contributed by atoms with Gasteiger partial charge in [0.25, 0.3) is 0 Å². The number of rotatable bonds is 1. The summed E-state index contributed by atoms with van der Waals surface area (Å²) in [4.78, 5) is 0. The fourth-order valence-corrected chi connectivity index (χ4v) is 2.79. The molecule has 0 saturated heterocycles. The highest BCUT2D eigenvalue weighted by Crippen LogP contribution is 2.33. The van der Waals surface area contributed by atoms with Gasteiger partial charge in [-0.05, 0) is 54.0 Å². The summed E-state index contributed by atoms with van der Waals surface area (Å²) in [5.41, 5.74) is 6.12. The second-order valence-corrected chi connectivity index (χ2v) is 4.44. The van der Waals surface area contributed by atoms with E-state index in [0.29, 0.717) is 0 Å². The Morgan fingerprint density at radius 1 is 1.00 bits per heavy atom. The molecule has 15 heavy (non-hydrogen) atoms. The van der Waals surface area contributed by atoms with Crippen molar-refractivity contribution < 1.29 is 4.74 Å². The second-order valence-electron chi connectivity index (χ2n) is 4.44. The lowest BCUT2D eigenvalue weighted by atomic mass is 9.90. The Morgan fingerprint density at radius 3 is 2.73 bits per heavy atom. The maximum Gasteiger partial charge on any atom is 0.0964 e. The molecular weight excluding hydrogens is 184 g/mol. The Bertz CT molecular complexity index is 429. The molecule has 1 aromatic rings. The molecule has 0 aromatic heterocycles. The van der Waals surface area contributed by atoms with Crippen LogP contribution in [0.4, 0.5) is 0 Å². The average molecular weight is 200 g/mol. The largest absolute Gasteiger partial charge is 0.501 e. The predicted molar refractivity (Wildman–Crippen MR) is 61.8 cm³/mol. The molecular formula is C14H16O. The highest BCUT2D eigenvalue weighted by molar-refractivity contribution is 5.64. The molecule has 0 fully saturated rings. The maximum atomic E-state index is 5.37. The number of aryl methyl sites for hydroxylation is 2. The second kappa shape index (κ2) is 3.41. The fraction of sp³-hybridized carbons (Fsp3) is 0.429. The van der Waals surface area contributed by atoms with Crippen molar-refractivity contribution in [3.05, 3.63) is 40.1 Å². The van der Waals surface area contributed by atoms with Crippen molar-refractivity contribution >= 4 is 6.08 Å². The number of ether oxygens (including phenoxy) is 1. The van der Waals surface area contributed by atoms with Gasteiger partial charge >= 0.3 is 0 Å². The Kier molecular flexibility index (Phi) is 2.05. The van der Waals surface area contributed by atoms with E-state index in [1.54, 1.807) is 18.2 Å². The summed E-state index contributed by atoms with van der Waals surface area (Å²) in [5, 5.41) is 0. The number of hydrogen-bond acceptors (Lipinski definition) is 1. The average Bonchev–Trinajstić information content (AvgIpc) is 2.76. The van der Waals surface area contributed by atoms with Crippen molar-refractivity contribution in [3.63, 3.8) is 0 Å². The molecule has 1 heteroatoms. The summed E-state index contributed by atoms with van der Waals surface area (Å²) in [6, 6.07) is 4.63. The number of fused-ring (bicyclic) bond motifs is 3. The van der Waals surface area contributed by atoms with Gasteiger partial charge in [-0.15, -0.1) is 0 Å². The Hall–Kier alpha value is -1.24. The summed E-state index contributed by atoms with van der Waals surface area (Å²) < 4.78 is 5.37. The molecule has 0 amide bonds. The highest BCUT2D eigenvalue weighted by Gasteiger charge is 2.19. The zero-order chi connectivity index (χ0) is 10.3. The maximum absolute atomic E-state index is 5.37. The van der Waals surface area contributed by atoms with Crippen molar-refractivity contribution in [2.24, 2.45) is 0 Å². The minimum absolute atomic E-state index is 1.06. The molecule has 2 aliphatic rings. The first kappa shape index (κ1) is 9.02. The van der Waals surface area contributed by atoms with Crippen LogP contribution in [0.5, 0.6) is 0 Å². The van der Waals surface area contributed by atoms with E-state index >= 15 is 0 Å². The van der Waals surface area contributed by atoms with Gasteiger partial charge in [0.1, 0.15) is 0 Å².